The van der Waals surface area contributed by atoms with Crippen molar-refractivity contribution in [2.75, 3.05) is 23.4 Å². The Hall–Kier alpha value is -3.86. The monoisotopic (exact) mass is 564 g/mol. The summed E-state index contributed by atoms with van der Waals surface area (Å²) in [6.07, 6.45) is 13.7. The number of allylic oxidation sites excluding steroid dienone is 8. The molecule has 0 bridgehead atoms. The third kappa shape index (κ3) is 5.49. The average Bonchev–Trinajstić information content (AvgIpc) is 3.29. The molecule has 0 radical (unpaired) electrons. The van der Waals surface area contributed by atoms with E-state index in [1.807, 2.05) is 0 Å². The first kappa shape index (κ1) is 29.6. The molecule has 0 atom stereocenters. The molecule has 1 aliphatic carbocycles. The highest BCUT2D eigenvalue weighted by atomic mass is 16.4. The molecule has 0 unspecified atom stereocenters. The number of likely N-dealkylation sites (N-methyl/N-ethyl adjacent to an activating group) is 1. The molecule has 42 heavy (non-hydrogen) atoms. The first-order valence-electron chi connectivity index (χ1n) is 15.3. The quantitative estimate of drug-likeness (QED) is 0.258. The first-order valence-corrected chi connectivity index (χ1v) is 15.3. The molecule has 5 nitrogen and oxygen atoms in total. The molecular formula is C37H44N2O3. The van der Waals surface area contributed by atoms with E-state index in [4.69, 9.17) is 5.11 Å². The third-order valence-electron chi connectivity index (χ3n) is 9.37. The lowest BCUT2D eigenvalue weighted by Crippen LogP contribution is -2.27. The number of hydrogen-bond donors (Lipinski definition) is 1. The molecule has 1 N–H and O–H groups in total. The van der Waals surface area contributed by atoms with Crippen LogP contribution in [0.4, 0.5) is 11.4 Å². The number of hydrogen-bond acceptors (Lipinski definition) is 4. The predicted molar refractivity (Wildman–Crippen MR) is 172 cm³/mol. The van der Waals surface area contributed by atoms with Gasteiger partial charge in [-0.2, -0.15) is 0 Å². The molecule has 0 aromatic heterocycles. The molecule has 5 rings (SSSR count). The lowest BCUT2D eigenvalue weighted by Gasteiger charge is -2.27. The van der Waals surface area contributed by atoms with Gasteiger partial charge in [-0.25, -0.2) is 0 Å². The van der Waals surface area contributed by atoms with Gasteiger partial charge in [0.25, 0.3) is 0 Å². The van der Waals surface area contributed by atoms with Gasteiger partial charge >= 0.3 is 5.97 Å². The predicted octanol–water partition coefficient (Wildman–Crippen LogP) is 8.23. The fourth-order valence-electron chi connectivity index (χ4n) is 6.99. The zero-order valence-corrected chi connectivity index (χ0v) is 25.7. The van der Waals surface area contributed by atoms with Gasteiger partial charge in [0.1, 0.15) is 0 Å². The fraction of sp³-hybridized carbons (Fsp3) is 0.405. The Bertz CT molecular complexity index is 1500. The van der Waals surface area contributed by atoms with E-state index < -0.39 is 5.97 Å². The number of para-hydroxylation sites is 2. The van der Waals surface area contributed by atoms with Crippen molar-refractivity contribution in [3.05, 3.63) is 107 Å². The second-order valence-electron chi connectivity index (χ2n) is 12.9. The van der Waals surface area contributed by atoms with Gasteiger partial charge in [-0.1, -0.05) is 82.7 Å². The number of unbranched alkanes of at least 4 members (excludes halogenated alkanes) is 2. The molecule has 2 aliphatic heterocycles. The molecule has 1 saturated carbocycles. The van der Waals surface area contributed by atoms with Crippen molar-refractivity contribution in [1.82, 2.24) is 0 Å². The summed E-state index contributed by atoms with van der Waals surface area (Å²) >= 11 is 0. The molecule has 0 spiro atoms. The van der Waals surface area contributed by atoms with Crippen LogP contribution in [0.2, 0.25) is 0 Å². The van der Waals surface area contributed by atoms with Gasteiger partial charge in [-0.3, -0.25) is 9.59 Å². The van der Waals surface area contributed by atoms with Crippen LogP contribution < -0.4 is 9.80 Å². The lowest BCUT2D eigenvalue weighted by atomic mass is 9.82. The number of carboxylic acid groups (broad SMARTS) is 1. The van der Waals surface area contributed by atoms with Crippen LogP contribution in [-0.2, 0) is 20.4 Å². The topological polar surface area (TPSA) is 60.9 Å². The second-order valence-corrected chi connectivity index (χ2v) is 12.9. The molecule has 0 saturated heterocycles. The van der Waals surface area contributed by atoms with E-state index in [0.29, 0.717) is 6.42 Å². The van der Waals surface area contributed by atoms with Gasteiger partial charge in [-0.05, 0) is 78.7 Å². The average molecular weight is 565 g/mol. The number of benzene rings is 2. The Morgan fingerprint density at radius 1 is 0.786 bits per heavy atom. The number of ketones is 1. The van der Waals surface area contributed by atoms with Gasteiger partial charge in [0.2, 0.25) is 0 Å². The summed E-state index contributed by atoms with van der Waals surface area (Å²) in [4.78, 5) is 29.2. The van der Waals surface area contributed by atoms with Crippen molar-refractivity contribution in [3.8, 4) is 0 Å². The summed E-state index contributed by atoms with van der Waals surface area (Å²) in [6, 6.07) is 17.1. The summed E-state index contributed by atoms with van der Waals surface area (Å²) in [5.41, 5.74) is 8.85. The van der Waals surface area contributed by atoms with Crippen LogP contribution in [0.25, 0.3) is 0 Å². The van der Waals surface area contributed by atoms with Crippen LogP contribution in [0.15, 0.2) is 95.4 Å². The van der Waals surface area contributed by atoms with Crippen LogP contribution in [0.1, 0.15) is 83.8 Å². The molecular weight excluding hydrogens is 520 g/mol. The summed E-state index contributed by atoms with van der Waals surface area (Å²) in [6.45, 7) is 9.82. The number of carbonyl (C=O) groups excluding carboxylic acids is 1. The van der Waals surface area contributed by atoms with Crippen molar-refractivity contribution in [2.24, 2.45) is 0 Å². The molecule has 0 amide bonds. The molecule has 5 heteroatoms. The van der Waals surface area contributed by atoms with Crippen molar-refractivity contribution in [2.45, 2.75) is 83.5 Å². The Morgan fingerprint density at radius 3 is 1.95 bits per heavy atom. The molecule has 2 heterocycles. The molecule has 220 valence electrons. The summed E-state index contributed by atoms with van der Waals surface area (Å²) in [7, 11) is 2.11. The maximum atomic E-state index is 13.7. The Kier molecular flexibility index (Phi) is 8.32. The number of nitrogens with zero attached hydrogens (tertiary/aromatic N) is 2. The minimum atomic E-state index is -0.735. The summed E-state index contributed by atoms with van der Waals surface area (Å²) in [5.74, 6) is -0.583. The minimum absolute atomic E-state index is 0.122. The van der Waals surface area contributed by atoms with Crippen LogP contribution in [-0.4, -0.2) is 30.5 Å². The summed E-state index contributed by atoms with van der Waals surface area (Å²) < 4.78 is 0. The Morgan fingerprint density at radius 2 is 1.33 bits per heavy atom. The van der Waals surface area contributed by atoms with Gasteiger partial charge in [0.05, 0.1) is 0 Å². The van der Waals surface area contributed by atoms with E-state index >= 15 is 0 Å². The molecule has 1 fully saturated rings. The van der Waals surface area contributed by atoms with Crippen LogP contribution >= 0.6 is 0 Å². The Balaban J connectivity index is 1.39. The lowest BCUT2D eigenvalue weighted by molar-refractivity contribution is -0.137. The number of carboxylic acids is 1. The summed E-state index contributed by atoms with van der Waals surface area (Å²) in [5, 5.41) is 9.00. The van der Waals surface area contributed by atoms with Gasteiger partial charge < -0.3 is 14.9 Å². The number of anilines is 2. The van der Waals surface area contributed by atoms with E-state index in [0.717, 1.165) is 49.8 Å². The van der Waals surface area contributed by atoms with Crippen molar-refractivity contribution < 1.29 is 14.7 Å². The van der Waals surface area contributed by atoms with Crippen molar-refractivity contribution >= 4 is 23.1 Å². The van der Waals surface area contributed by atoms with Crippen LogP contribution in [0.5, 0.6) is 0 Å². The fourth-order valence-corrected chi connectivity index (χ4v) is 6.99. The zero-order chi connectivity index (χ0) is 30.1. The maximum absolute atomic E-state index is 13.7. The highest BCUT2D eigenvalue weighted by Crippen LogP contribution is 2.48. The molecule has 3 aliphatic rings. The smallest absolute Gasteiger partial charge is 0.303 e. The second kappa shape index (κ2) is 11.8. The van der Waals surface area contributed by atoms with E-state index in [2.05, 4.69) is 117 Å². The van der Waals surface area contributed by atoms with Gasteiger partial charge in [0, 0.05) is 53.6 Å². The molecule has 2 aromatic rings. The molecule has 2 aromatic carbocycles. The highest BCUT2D eigenvalue weighted by Gasteiger charge is 2.40. The number of fused-ring (bicyclic) bond motifs is 2. The van der Waals surface area contributed by atoms with E-state index in [1.165, 1.54) is 33.9 Å². The number of Topliss-reactive ketones (excluding diaryl/α,β-unsaturated/α-hetero) is 1. The van der Waals surface area contributed by atoms with Gasteiger partial charge in [0.15, 0.2) is 5.78 Å². The van der Waals surface area contributed by atoms with Crippen LogP contribution in [0.3, 0.4) is 0 Å². The maximum Gasteiger partial charge on any atom is 0.303 e. The van der Waals surface area contributed by atoms with Crippen molar-refractivity contribution in [3.63, 3.8) is 0 Å². The number of aliphatic carboxylic acids is 1. The third-order valence-corrected chi connectivity index (χ3v) is 9.37. The number of carbonyl (C=O) groups is 2. The standard InChI is InChI=1S/C37H44N2O3/c1-36(2)28-16-8-10-18-30(28)38(5)32(36)23-21-26-14-13-15-27(35(26)42)22-24-33-37(3,4)29-17-9-11-19-31(29)39(33)25-12-6-7-20-34(40)41/h8-11,16-19,21-24H,6-7,12-15,20,25H2,1-5H3,(H,40,41)/b26-21+,27-22+,32-23+,33-24+. The van der Waals surface area contributed by atoms with E-state index in [-0.39, 0.29) is 23.0 Å². The Labute approximate surface area is 250 Å². The van der Waals surface area contributed by atoms with Crippen molar-refractivity contribution in [1.29, 1.82) is 0 Å². The highest BCUT2D eigenvalue weighted by molar-refractivity contribution is 6.09. The van der Waals surface area contributed by atoms with Crippen LogP contribution in [0, 0.1) is 0 Å². The largest absolute Gasteiger partial charge is 0.481 e. The number of rotatable bonds is 8. The normalized spacial score (nSPS) is 22.8. The first-order chi connectivity index (χ1) is 20.0. The van der Waals surface area contributed by atoms with E-state index in [9.17, 15) is 9.59 Å². The minimum Gasteiger partial charge on any atom is -0.481 e. The SMILES string of the molecule is CN1/C(=C/C=C2\CCC/C(=C\C=C3\N(CCCCCC(=O)O)c4ccccc4C3(C)C)C2=O)C(C)(C)c2ccccc21. The van der Waals surface area contributed by atoms with E-state index in [1.54, 1.807) is 0 Å². The van der Waals surface area contributed by atoms with Gasteiger partial charge in [-0.15, -0.1) is 0 Å². The zero-order valence-electron chi connectivity index (χ0n) is 25.7.